The lowest BCUT2D eigenvalue weighted by atomic mass is 9.77. The van der Waals surface area contributed by atoms with Gasteiger partial charge in [-0.15, -0.1) is 0 Å². The van der Waals surface area contributed by atoms with E-state index in [9.17, 15) is 14.3 Å². The van der Waals surface area contributed by atoms with Crippen molar-refractivity contribution >= 4 is 5.91 Å². The Morgan fingerprint density at radius 3 is 2.52 bits per heavy atom. The second-order valence-corrected chi connectivity index (χ2v) is 6.30. The number of carbonyl (C=O) groups excluding carboxylic acids is 1. The van der Waals surface area contributed by atoms with Gasteiger partial charge in [-0.05, 0) is 55.7 Å². The molecule has 0 bridgehead atoms. The Morgan fingerprint density at radius 2 is 1.95 bits per heavy atom. The summed E-state index contributed by atoms with van der Waals surface area (Å²) in [5, 5.41) is 12.7. The molecule has 4 heteroatoms. The summed E-state index contributed by atoms with van der Waals surface area (Å²) in [6, 6.07) is 6.22. The van der Waals surface area contributed by atoms with Crippen molar-refractivity contribution in [3.8, 4) is 0 Å². The Labute approximate surface area is 125 Å². The first-order valence-electron chi connectivity index (χ1n) is 7.69. The predicted molar refractivity (Wildman–Crippen MR) is 80.3 cm³/mol. The average molecular weight is 293 g/mol. The van der Waals surface area contributed by atoms with Gasteiger partial charge in [0.2, 0.25) is 5.91 Å². The molecule has 0 aromatic heterocycles. The van der Waals surface area contributed by atoms with Crippen LogP contribution in [0.25, 0.3) is 0 Å². The third-order valence-electron chi connectivity index (χ3n) is 4.49. The lowest BCUT2D eigenvalue weighted by Gasteiger charge is -2.38. The van der Waals surface area contributed by atoms with Crippen molar-refractivity contribution in [1.82, 2.24) is 5.32 Å². The monoisotopic (exact) mass is 293 g/mol. The maximum Gasteiger partial charge on any atom is 0.220 e. The van der Waals surface area contributed by atoms with E-state index in [-0.39, 0.29) is 18.3 Å². The van der Waals surface area contributed by atoms with Crippen LogP contribution in [0, 0.1) is 11.7 Å². The summed E-state index contributed by atoms with van der Waals surface area (Å²) in [4.78, 5) is 12.1. The van der Waals surface area contributed by atoms with Gasteiger partial charge in [0.25, 0.3) is 0 Å². The Kier molecular flexibility index (Phi) is 5.34. The number of hydrogen-bond donors (Lipinski definition) is 2. The van der Waals surface area contributed by atoms with Crippen LogP contribution in [0.3, 0.4) is 0 Å². The van der Waals surface area contributed by atoms with Gasteiger partial charge in [-0.25, -0.2) is 4.39 Å². The molecule has 1 aromatic carbocycles. The molecular weight excluding hydrogens is 269 g/mol. The molecule has 21 heavy (non-hydrogen) atoms. The van der Waals surface area contributed by atoms with E-state index >= 15 is 0 Å². The largest absolute Gasteiger partial charge is 0.394 e. The van der Waals surface area contributed by atoms with Gasteiger partial charge in [0.15, 0.2) is 0 Å². The summed E-state index contributed by atoms with van der Waals surface area (Å²) < 4.78 is 12.8. The van der Waals surface area contributed by atoms with E-state index in [1.807, 2.05) is 0 Å². The van der Waals surface area contributed by atoms with Crippen LogP contribution in [0.15, 0.2) is 24.3 Å². The molecular formula is C17H24FNO2. The van der Waals surface area contributed by atoms with Gasteiger partial charge in [0.1, 0.15) is 5.82 Å². The molecule has 0 heterocycles. The maximum absolute atomic E-state index is 12.8. The average Bonchev–Trinajstić information content (AvgIpc) is 2.49. The Bertz CT molecular complexity index is 464. The molecule has 1 aliphatic carbocycles. The van der Waals surface area contributed by atoms with Crippen molar-refractivity contribution in [2.24, 2.45) is 5.92 Å². The van der Waals surface area contributed by atoms with Crippen LogP contribution >= 0.6 is 0 Å². The smallest absolute Gasteiger partial charge is 0.220 e. The van der Waals surface area contributed by atoms with Gasteiger partial charge in [0.05, 0.1) is 12.1 Å². The number of aliphatic hydroxyl groups excluding tert-OH is 1. The molecule has 1 aliphatic rings. The van der Waals surface area contributed by atoms with E-state index in [0.717, 1.165) is 31.2 Å². The Balaban J connectivity index is 1.84. The van der Waals surface area contributed by atoms with Crippen LogP contribution in [0.4, 0.5) is 4.39 Å². The summed E-state index contributed by atoms with van der Waals surface area (Å²) in [6.45, 7) is 2.21. The Morgan fingerprint density at radius 1 is 1.33 bits per heavy atom. The number of amides is 1. The highest BCUT2D eigenvalue weighted by atomic mass is 19.1. The summed E-state index contributed by atoms with van der Waals surface area (Å²) in [7, 11) is 0. The molecule has 1 aromatic rings. The molecule has 2 N–H and O–H groups in total. The zero-order valence-electron chi connectivity index (χ0n) is 12.6. The minimum atomic E-state index is -0.438. The van der Waals surface area contributed by atoms with E-state index in [1.165, 1.54) is 12.1 Å². The van der Waals surface area contributed by atoms with Gasteiger partial charge < -0.3 is 10.4 Å². The van der Waals surface area contributed by atoms with Crippen LogP contribution < -0.4 is 5.32 Å². The summed E-state index contributed by atoms with van der Waals surface area (Å²) >= 11 is 0. The normalized spacial score (nSPS) is 25.6. The molecule has 3 nitrogen and oxygen atoms in total. The summed E-state index contributed by atoms with van der Waals surface area (Å²) in [5.74, 6) is 0.363. The van der Waals surface area contributed by atoms with Gasteiger partial charge in [0, 0.05) is 6.42 Å². The first-order valence-corrected chi connectivity index (χ1v) is 7.69. The first kappa shape index (κ1) is 16.0. The summed E-state index contributed by atoms with van der Waals surface area (Å²) in [5.41, 5.74) is 0.508. The molecule has 0 spiro atoms. The molecule has 2 rings (SSSR count). The molecule has 1 fully saturated rings. The van der Waals surface area contributed by atoms with Gasteiger partial charge in [-0.3, -0.25) is 4.79 Å². The highest BCUT2D eigenvalue weighted by Crippen LogP contribution is 2.31. The predicted octanol–water partition coefficient (Wildman–Crippen LogP) is 2.82. The number of rotatable bonds is 5. The standard InChI is InChI=1S/C17H24FNO2/c1-13-8-10-17(12-20,11-9-13)19-16(21)7-4-14-2-5-15(18)6-3-14/h2-3,5-6,13,20H,4,7-12H2,1H3,(H,19,21). The Hall–Kier alpha value is -1.42. The third kappa shape index (κ3) is 4.53. The second kappa shape index (κ2) is 7.03. The topological polar surface area (TPSA) is 49.3 Å². The summed E-state index contributed by atoms with van der Waals surface area (Å²) in [6.07, 6.45) is 4.71. The fourth-order valence-corrected chi connectivity index (χ4v) is 2.90. The highest BCUT2D eigenvalue weighted by Gasteiger charge is 2.34. The van der Waals surface area contributed by atoms with Crippen LogP contribution in [-0.2, 0) is 11.2 Å². The molecule has 0 atom stereocenters. The highest BCUT2D eigenvalue weighted by molar-refractivity contribution is 5.77. The number of aliphatic hydroxyl groups is 1. The second-order valence-electron chi connectivity index (χ2n) is 6.30. The number of hydrogen-bond acceptors (Lipinski definition) is 2. The fraction of sp³-hybridized carbons (Fsp3) is 0.588. The van der Waals surface area contributed by atoms with Crippen LogP contribution in [0.1, 0.15) is 44.6 Å². The van der Waals surface area contributed by atoms with Crippen molar-refractivity contribution in [3.05, 3.63) is 35.6 Å². The van der Waals surface area contributed by atoms with Gasteiger partial charge in [-0.2, -0.15) is 0 Å². The van der Waals surface area contributed by atoms with E-state index in [4.69, 9.17) is 0 Å². The fourth-order valence-electron chi connectivity index (χ4n) is 2.90. The van der Waals surface area contributed by atoms with Crippen molar-refractivity contribution in [2.45, 2.75) is 51.0 Å². The van der Waals surface area contributed by atoms with E-state index in [0.29, 0.717) is 18.8 Å². The molecule has 0 saturated heterocycles. The minimum Gasteiger partial charge on any atom is -0.394 e. The molecule has 116 valence electrons. The van der Waals surface area contributed by atoms with E-state index in [1.54, 1.807) is 12.1 Å². The minimum absolute atomic E-state index is 0.00199. The molecule has 1 saturated carbocycles. The number of aryl methyl sites for hydroxylation is 1. The maximum atomic E-state index is 12.8. The quantitative estimate of drug-likeness (QED) is 0.877. The van der Waals surface area contributed by atoms with Crippen molar-refractivity contribution in [1.29, 1.82) is 0 Å². The van der Waals surface area contributed by atoms with E-state index in [2.05, 4.69) is 12.2 Å². The SMILES string of the molecule is CC1CCC(CO)(NC(=O)CCc2ccc(F)cc2)CC1. The lowest BCUT2D eigenvalue weighted by molar-refractivity contribution is -0.124. The molecule has 0 radical (unpaired) electrons. The van der Waals surface area contributed by atoms with E-state index < -0.39 is 5.54 Å². The zero-order valence-corrected chi connectivity index (χ0v) is 12.6. The van der Waals surface area contributed by atoms with Gasteiger partial charge >= 0.3 is 0 Å². The van der Waals surface area contributed by atoms with Crippen molar-refractivity contribution in [3.63, 3.8) is 0 Å². The molecule has 0 unspecified atom stereocenters. The van der Waals surface area contributed by atoms with Crippen LogP contribution in [0.5, 0.6) is 0 Å². The van der Waals surface area contributed by atoms with Crippen LogP contribution in [0.2, 0.25) is 0 Å². The third-order valence-corrected chi connectivity index (χ3v) is 4.49. The number of benzene rings is 1. The van der Waals surface area contributed by atoms with Crippen molar-refractivity contribution in [2.75, 3.05) is 6.61 Å². The first-order chi connectivity index (χ1) is 10.0. The zero-order chi connectivity index (χ0) is 15.3. The molecule has 0 aliphatic heterocycles. The van der Waals surface area contributed by atoms with Crippen molar-refractivity contribution < 1.29 is 14.3 Å². The number of carbonyl (C=O) groups is 1. The number of halogens is 1. The van der Waals surface area contributed by atoms with Crippen LogP contribution in [-0.4, -0.2) is 23.2 Å². The lowest BCUT2D eigenvalue weighted by Crippen LogP contribution is -2.53. The molecule has 1 amide bonds. The van der Waals surface area contributed by atoms with Gasteiger partial charge in [-0.1, -0.05) is 19.1 Å². The number of nitrogens with one attached hydrogen (secondary N) is 1.